The molecule has 1 unspecified atom stereocenters. The molecule has 5 nitrogen and oxygen atoms in total. The highest BCUT2D eigenvalue weighted by molar-refractivity contribution is 6.06. The third-order valence-corrected chi connectivity index (χ3v) is 4.71. The van der Waals surface area contributed by atoms with Gasteiger partial charge >= 0.3 is 0 Å². The second-order valence-corrected chi connectivity index (χ2v) is 6.23. The number of carbonyl (C=O) groups is 3. The summed E-state index contributed by atoms with van der Waals surface area (Å²) in [6, 6.07) is 11.7. The van der Waals surface area contributed by atoms with Crippen LogP contribution in [0.3, 0.4) is 0 Å². The van der Waals surface area contributed by atoms with E-state index < -0.39 is 23.7 Å². The molecule has 1 fully saturated rings. The maximum Gasteiger partial charge on any atom is 0.258 e. The van der Waals surface area contributed by atoms with Gasteiger partial charge in [0.25, 0.3) is 5.91 Å². The minimum absolute atomic E-state index is 0.0195. The molecule has 0 aromatic heterocycles. The number of piperidine rings is 1. The van der Waals surface area contributed by atoms with Crippen molar-refractivity contribution in [2.75, 3.05) is 0 Å². The van der Waals surface area contributed by atoms with E-state index in [9.17, 15) is 14.4 Å². The summed E-state index contributed by atoms with van der Waals surface area (Å²) in [7, 11) is 0. The van der Waals surface area contributed by atoms with Crippen molar-refractivity contribution in [2.24, 2.45) is 0 Å². The lowest BCUT2D eigenvalue weighted by Crippen LogP contribution is -2.52. The van der Waals surface area contributed by atoms with Gasteiger partial charge in [-0.15, -0.1) is 0 Å². The van der Waals surface area contributed by atoms with Crippen LogP contribution in [-0.2, 0) is 16.1 Å². The number of imide groups is 1. The standard InChI is InChI=1S/C19H15FN2O3/c20-17-13(11-4-2-1-3-5-11)7-6-12-10-22(19(25)16(12)17)14-8-9-15(23)21-18(14)24/h1-7,14H,8-10H2,(H,21,23,24). The van der Waals surface area contributed by atoms with Crippen LogP contribution in [0.2, 0.25) is 0 Å². The van der Waals surface area contributed by atoms with Crippen LogP contribution in [0.25, 0.3) is 11.1 Å². The Morgan fingerprint density at radius 2 is 1.80 bits per heavy atom. The lowest BCUT2D eigenvalue weighted by Gasteiger charge is -2.29. The van der Waals surface area contributed by atoms with E-state index in [-0.39, 0.29) is 30.9 Å². The van der Waals surface area contributed by atoms with Crippen LogP contribution < -0.4 is 5.32 Å². The van der Waals surface area contributed by atoms with Crippen molar-refractivity contribution in [2.45, 2.75) is 25.4 Å². The zero-order chi connectivity index (χ0) is 17.6. The molecule has 3 amide bonds. The van der Waals surface area contributed by atoms with Gasteiger partial charge < -0.3 is 4.90 Å². The summed E-state index contributed by atoms with van der Waals surface area (Å²) in [6.45, 7) is 0.173. The molecule has 1 N–H and O–H groups in total. The van der Waals surface area contributed by atoms with Gasteiger partial charge in [-0.1, -0.05) is 42.5 Å². The van der Waals surface area contributed by atoms with Crippen molar-refractivity contribution in [3.63, 3.8) is 0 Å². The number of hydrogen-bond donors (Lipinski definition) is 1. The zero-order valence-corrected chi connectivity index (χ0v) is 13.3. The van der Waals surface area contributed by atoms with Gasteiger partial charge in [-0.2, -0.15) is 0 Å². The largest absolute Gasteiger partial charge is 0.322 e. The van der Waals surface area contributed by atoms with Gasteiger partial charge in [0.1, 0.15) is 11.9 Å². The van der Waals surface area contributed by atoms with E-state index in [1.807, 2.05) is 6.07 Å². The molecule has 0 radical (unpaired) electrons. The Hall–Kier alpha value is -3.02. The fraction of sp³-hybridized carbons (Fsp3) is 0.211. The lowest BCUT2D eigenvalue weighted by atomic mass is 9.99. The third kappa shape index (κ3) is 2.50. The quantitative estimate of drug-likeness (QED) is 0.854. The first-order chi connectivity index (χ1) is 12.1. The number of nitrogens with one attached hydrogen (secondary N) is 1. The number of halogens is 1. The first-order valence-electron chi connectivity index (χ1n) is 8.07. The molecule has 2 aromatic carbocycles. The summed E-state index contributed by atoms with van der Waals surface area (Å²) in [5.41, 5.74) is 1.63. The molecule has 0 bridgehead atoms. The minimum Gasteiger partial charge on any atom is -0.322 e. The Bertz CT molecular complexity index is 895. The van der Waals surface area contributed by atoms with Crippen molar-refractivity contribution < 1.29 is 18.8 Å². The number of benzene rings is 2. The van der Waals surface area contributed by atoms with E-state index >= 15 is 4.39 Å². The summed E-state index contributed by atoms with van der Waals surface area (Å²) in [5, 5.41) is 2.24. The SMILES string of the molecule is O=C1CCC(N2Cc3ccc(-c4ccccc4)c(F)c3C2=O)C(=O)N1. The summed E-state index contributed by atoms with van der Waals surface area (Å²) < 4.78 is 15.0. The first kappa shape index (κ1) is 15.5. The third-order valence-electron chi connectivity index (χ3n) is 4.71. The Morgan fingerprint density at radius 1 is 1.04 bits per heavy atom. The average Bonchev–Trinajstić information content (AvgIpc) is 2.93. The summed E-state index contributed by atoms with van der Waals surface area (Å²) in [4.78, 5) is 37.4. The molecular weight excluding hydrogens is 323 g/mol. The number of carbonyl (C=O) groups excluding carboxylic acids is 3. The molecule has 0 spiro atoms. The van der Waals surface area contributed by atoms with Gasteiger partial charge in [0.15, 0.2) is 0 Å². The highest BCUT2D eigenvalue weighted by Gasteiger charge is 2.40. The number of rotatable bonds is 2. The zero-order valence-electron chi connectivity index (χ0n) is 13.3. The van der Waals surface area contributed by atoms with Crippen LogP contribution in [0.1, 0.15) is 28.8 Å². The lowest BCUT2D eigenvalue weighted by molar-refractivity contribution is -0.136. The maximum absolute atomic E-state index is 15.0. The van der Waals surface area contributed by atoms with E-state index in [4.69, 9.17) is 0 Å². The summed E-state index contributed by atoms with van der Waals surface area (Å²) >= 11 is 0. The monoisotopic (exact) mass is 338 g/mol. The van der Waals surface area contributed by atoms with Gasteiger partial charge in [0, 0.05) is 18.5 Å². The van der Waals surface area contributed by atoms with E-state index in [0.29, 0.717) is 16.7 Å². The van der Waals surface area contributed by atoms with Gasteiger partial charge in [0.05, 0.1) is 5.56 Å². The fourth-order valence-corrected chi connectivity index (χ4v) is 3.45. The van der Waals surface area contributed by atoms with Crippen LogP contribution in [0, 0.1) is 5.82 Å². The minimum atomic E-state index is -0.739. The topological polar surface area (TPSA) is 66.5 Å². The van der Waals surface area contributed by atoms with Crippen molar-refractivity contribution in [3.05, 3.63) is 59.4 Å². The normalized spacial score (nSPS) is 19.8. The Balaban J connectivity index is 1.70. The van der Waals surface area contributed by atoms with E-state index in [2.05, 4.69) is 5.32 Å². The number of amides is 3. The van der Waals surface area contributed by atoms with Crippen LogP contribution in [0.15, 0.2) is 42.5 Å². The molecule has 1 atom stereocenters. The molecular formula is C19H15FN2O3. The second-order valence-electron chi connectivity index (χ2n) is 6.23. The Labute approximate surface area is 143 Å². The van der Waals surface area contributed by atoms with Crippen molar-refractivity contribution >= 4 is 17.7 Å². The molecule has 6 heteroatoms. The molecule has 25 heavy (non-hydrogen) atoms. The van der Waals surface area contributed by atoms with E-state index in [0.717, 1.165) is 0 Å². The smallest absolute Gasteiger partial charge is 0.258 e. The highest BCUT2D eigenvalue weighted by atomic mass is 19.1. The average molecular weight is 338 g/mol. The van der Waals surface area contributed by atoms with Crippen LogP contribution >= 0.6 is 0 Å². The predicted octanol–water partition coefficient (Wildman–Crippen LogP) is 2.25. The Morgan fingerprint density at radius 3 is 2.52 bits per heavy atom. The number of nitrogens with zero attached hydrogens (tertiary/aromatic N) is 1. The molecule has 2 heterocycles. The number of fused-ring (bicyclic) bond motifs is 1. The molecule has 0 saturated carbocycles. The highest BCUT2D eigenvalue weighted by Crippen LogP contribution is 2.34. The number of hydrogen-bond acceptors (Lipinski definition) is 3. The molecule has 126 valence electrons. The molecule has 1 saturated heterocycles. The molecule has 2 aromatic rings. The summed E-state index contributed by atoms with van der Waals surface area (Å²) in [6.07, 6.45) is 0.436. The van der Waals surface area contributed by atoms with E-state index in [1.54, 1.807) is 36.4 Å². The van der Waals surface area contributed by atoms with Crippen LogP contribution in [0.4, 0.5) is 4.39 Å². The van der Waals surface area contributed by atoms with Crippen molar-refractivity contribution in [1.29, 1.82) is 0 Å². The molecule has 0 aliphatic carbocycles. The predicted molar refractivity (Wildman–Crippen MR) is 87.9 cm³/mol. The van der Waals surface area contributed by atoms with Crippen molar-refractivity contribution in [3.8, 4) is 11.1 Å². The first-order valence-corrected chi connectivity index (χ1v) is 8.07. The van der Waals surface area contributed by atoms with Gasteiger partial charge in [-0.05, 0) is 17.5 Å². The molecule has 2 aliphatic rings. The van der Waals surface area contributed by atoms with Gasteiger partial charge in [0.2, 0.25) is 11.8 Å². The van der Waals surface area contributed by atoms with E-state index in [1.165, 1.54) is 4.90 Å². The van der Waals surface area contributed by atoms with Crippen LogP contribution in [-0.4, -0.2) is 28.7 Å². The molecule has 2 aliphatic heterocycles. The van der Waals surface area contributed by atoms with Crippen molar-refractivity contribution in [1.82, 2.24) is 10.2 Å². The molecule has 4 rings (SSSR count). The Kier molecular flexibility index (Phi) is 3.60. The summed E-state index contributed by atoms with van der Waals surface area (Å²) in [5.74, 6) is -1.91. The van der Waals surface area contributed by atoms with Gasteiger partial charge in [-0.3, -0.25) is 19.7 Å². The van der Waals surface area contributed by atoms with Crippen LogP contribution in [0.5, 0.6) is 0 Å². The second kappa shape index (κ2) is 5.81. The maximum atomic E-state index is 15.0. The van der Waals surface area contributed by atoms with Gasteiger partial charge in [-0.25, -0.2) is 4.39 Å². The fourth-order valence-electron chi connectivity index (χ4n) is 3.45.